The second kappa shape index (κ2) is 5.45. The van der Waals surface area contributed by atoms with Crippen molar-refractivity contribution in [3.05, 3.63) is 18.0 Å². The molecule has 0 aliphatic heterocycles. The summed E-state index contributed by atoms with van der Waals surface area (Å²) < 4.78 is 23.8. The SMILES string of the molecule is CC(CS(C)(=O)=O)NCCc1ccn(C)n1. The molecule has 0 spiro atoms. The largest absolute Gasteiger partial charge is 0.313 e. The maximum atomic E-state index is 11.0. The van der Waals surface area contributed by atoms with Gasteiger partial charge < -0.3 is 5.32 Å². The van der Waals surface area contributed by atoms with Crippen LogP contribution in [-0.4, -0.2) is 42.8 Å². The normalized spacial score (nSPS) is 13.9. The third kappa shape index (κ3) is 5.27. The molecule has 0 aliphatic rings. The van der Waals surface area contributed by atoms with Crippen molar-refractivity contribution >= 4 is 9.84 Å². The van der Waals surface area contributed by atoms with Crippen LogP contribution in [0.1, 0.15) is 12.6 Å². The molecule has 0 aliphatic carbocycles. The summed E-state index contributed by atoms with van der Waals surface area (Å²) in [6.07, 6.45) is 3.97. The molecular formula is C10H19N3O2S. The molecule has 0 bridgehead atoms. The van der Waals surface area contributed by atoms with E-state index in [9.17, 15) is 8.42 Å². The number of hydrogen-bond donors (Lipinski definition) is 1. The third-order valence-electron chi connectivity index (χ3n) is 2.20. The summed E-state index contributed by atoms with van der Waals surface area (Å²) in [6.45, 7) is 2.62. The molecule has 0 saturated carbocycles. The Kier molecular flexibility index (Phi) is 4.49. The second-order valence-electron chi connectivity index (χ2n) is 4.18. The fourth-order valence-electron chi connectivity index (χ4n) is 1.56. The van der Waals surface area contributed by atoms with Crippen LogP contribution >= 0.6 is 0 Å². The molecule has 1 unspecified atom stereocenters. The Hall–Kier alpha value is -0.880. The molecule has 16 heavy (non-hydrogen) atoms. The van der Waals surface area contributed by atoms with Gasteiger partial charge in [0.1, 0.15) is 9.84 Å². The third-order valence-corrected chi connectivity index (χ3v) is 3.30. The molecule has 92 valence electrons. The van der Waals surface area contributed by atoms with Gasteiger partial charge in [0.2, 0.25) is 0 Å². The molecule has 1 aromatic heterocycles. The minimum Gasteiger partial charge on any atom is -0.313 e. The van der Waals surface area contributed by atoms with Crippen LogP contribution in [0.15, 0.2) is 12.3 Å². The van der Waals surface area contributed by atoms with Crippen molar-refractivity contribution < 1.29 is 8.42 Å². The van der Waals surface area contributed by atoms with Crippen LogP contribution in [0, 0.1) is 0 Å². The molecule has 1 aromatic rings. The number of hydrogen-bond acceptors (Lipinski definition) is 4. The maximum absolute atomic E-state index is 11.0. The van der Waals surface area contributed by atoms with Crippen molar-refractivity contribution in [1.29, 1.82) is 0 Å². The van der Waals surface area contributed by atoms with Gasteiger partial charge in [-0.1, -0.05) is 0 Å². The Labute approximate surface area is 96.8 Å². The highest BCUT2D eigenvalue weighted by Crippen LogP contribution is 1.95. The summed E-state index contributed by atoms with van der Waals surface area (Å²) in [4.78, 5) is 0. The summed E-state index contributed by atoms with van der Waals surface area (Å²) >= 11 is 0. The molecule has 1 heterocycles. The van der Waals surface area contributed by atoms with Crippen LogP contribution in [0.3, 0.4) is 0 Å². The van der Waals surface area contributed by atoms with Gasteiger partial charge in [0.25, 0.3) is 0 Å². The molecule has 1 atom stereocenters. The number of nitrogens with zero attached hydrogens (tertiary/aromatic N) is 2. The van der Waals surface area contributed by atoms with Gasteiger partial charge in [0, 0.05) is 38.5 Å². The fraction of sp³-hybridized carbons (Fsp3) is 0.700. The molecule has 0 amide bonds. The first-order valence-electron chi connectivity index (χ1n) is 5.26. The van der Waals surface area contributed by atoms with Crippen LogP contribution in [0.2, 0.25) is 0 Å². The van der Waals surface area contributed by atoms with Gasteiger partial charge in [0.05, 0.1) is 11.4 Å². The molecule has 1 N–H and O–H groups in total. The number of rotatable bonds is 6. The van der Waals surface area contributed by atoms with Gasteiger partial charge in [-0.3, -0.25) is 4.68 Å². The number of aryl methyl sites for hydroxylation is 1. The van der Waals surface area contributed by atoms with Gasteiger partial charge >= 0.3 is 0 Å². The highest BCUT2D eigenvalue weighted by molar-refractivity contribution is 7.90. The number of aromatic nitrogens is 2. The van der Waals surface area contributed by atoms with E-state index in [1.807, 2.05) is 26.2 Å². The Bertz CT molecular complexity index is 425. The summed E-state index contributed by atoms with van der Waals surface area (Å²) in [5, 5.41) is 7.41. The van der Waals surface area contributed by atoms with Gasteiger partial charge in [-0.05, 0) is 13.0 Å². The first kappa shape index (κ1) is 13.2. The Morgan fingerprint density at radius 3 is 2.75 bits per heavy atom. The van der Waals surface area contributed by atoms with Crippen molar-refractivity contribution in [1.82, 2.24) is 15.1 Å². The molecule has 6 heteroatoms. The monoisotopic (exact) mass is 245 g/mol. The molecule has 0 radical (unpaired) electrons. The molecular weight excluding hydrogens is 226 g/mol. The standard InChI is InChI=1S/C10H19N3O2S/c1-9(8-16(3,14)15)11-6-4-10-5-7-13(2)12-10/h5,7,9,11H,4,6,8H2,1-3H3. The van der Waals surface area contributed by atoms with E-state index >= 15 is 0 Å². The van der Waals surface area contributed by atoms with E-state index < -0.39 is 9.84 Å². The molecule has 0 saturated heterocycles. The van der Waals surface area contributed by atoms with E-state index in [2.05, 4.69) is 10.4 Å². The minimum atomic E-state index is -2.90. The topological polar surface area (TPSA) is 64.0 Å². The van der Waals surface area contributed by atoms with Crippen molar-refractivity contribution in [2.24, 2.45) is 7.05 Å². The van der Waals surface area contributed by atoms with E-state index in [1.165, 1.54) is 6.26 Å². The zero-order valence-corrected chi connectivity index (χ0v) is 10.8. The zero-order chi connectivity index (χ0) is 12.2. The van der Waals surface area contributed by atoms with Gasteiger partial charge in [0.15, 0.2) is 0 Å². The minimum absolute atomic E-state index is 0.0151. The fourth-order valence-corrected chi connectivity index (χ4v) is 2.58. The molecule has 0 aromatic carbocycles. The summed E-state index contributed by atoms with van der Waals surface area (Å²) in [5.41, 5.74) is 1.02. The van der Waals surface area contributed by atoms with E-state index in [0.29, 0.717) is 0 Å². The lowest BCUT2D eigenvalue weighted by atomic mass is 10.3. The Morgan fingerprint density at radius 2 is 2.25 bits per heavy atom. The lowest BCUT2D eigenvalue weighted by Crippen LogP contribution is -2.34. The molecule has 5 nitrogen and oxygen atoms in total. The smallest absolute Gasteiger partial charge is 0.148 e. The zero-order valence-electron chi connectivity index (χ0n) is 9.97. The number of sulfone groups is 1. The maximum Gasteiger partial charge on any atom is 0.148 e. The average molecular weight is 245 g/mol. The highest BCUT2D eigenvalue weighted by atomic mass is 32.2. The van der Waals surface area contributed by atoms with Crippen LogP contribution < -0.4 is 5.32 Å². The molecule has 1 rings (SSSR count). The van der Waals surface area contributed by atoms with Gasteiger partial charge in [-0.25, -0.2) is 8.42 Å². The summed E-state index contributed by atoms with van der Waals surface area (Å²) in [6, 6.07) is 1.95. The van der Waals surface area contributed by atoms with E-state index in [1.54, 1.807) is 4.68 Å². The predicted molar refractivity (Wildman–Crippen MR) is 64.1 cm³/mol. The van der Waals surface area contributed by atoms with Crippen molar-refractivity contribution in [3.8, 4) is 0 Å². The van der Waals surface area contributed by atoms with Crippen molar-refractivity contribution in [2.45, 2.75) is 19.4 Å². The van der Waals surface area contributed by atoms with Crippen LogP contribution in [-0.2, 0) is 23.3 Å². The summed E-state index contributed by atoms with van der Waals surface area (Å²) in [7, 11) is -1.02. The van der Waals surface area contributed by atoms with Crippen LogP contribution in [0.5, 0.6) is 0 Å². The first-order valence-corrected chi connectivity index (χ1v) is 7.32. The predicted octanol–water partition coefficient (Wildman–Crippen LogP) is -0.0147. The molecule has 0 fully saturated rings. The van der Waals surface area contributed by atoms with Crippen LogP contribution in [0.25, 0.3) is 0 Å². The van der Waals surface area contributed by atoms with Crippen LogP contribution in [0.4, 0.5) is 0 Å². The van der Waals surface area contributed by atoms with Gasteiger partial charge in [-0.15, -0.1) is 0 Å². The quantitative estimate of drug-likeness (QED) is 0.765. The van der Waals surface area contributed by atoms with E-state index in [4.69, 9.17) is 0 Å². The Morgan fingerprint density at radius 1 is 1.56 bits per heavy atom. The van der Waals surface area contributed by atoms with E-state index in [-0.39, 0.29) is 11.8 Å². The number of nitrogens with one attached hydrogen (secondary N) is 1. The van der Waals surface area contributed by atoms with Crippen molar-refractivity contribution in [2.75, 3.05) is 18.6 Å². The lowest BCUT2D eigenvalue weighted by Gasteiger charge is -2.11. The average Bonchev–Trinajstić information content (AvgIpc) is 2.48. The van der Waals surface area contributed by atoms with Gasteiger partial charge in [-0.2, -0.15) is 5.10 Å². The van der Waals surface area contributed by atoms with E-state index in [0.717, 1.165) is 18.7 Å². The summed E-state index contributed by atoms with van der Waals surface area (Å²) in [5.74, 6) is 0.176. The first-order chi connectivity index (χ1) is 7.37. The van der Waals surface area contributed by atoms with Crippen molar-refractivity contribution in [3.63, 3.8) is 0 Å². The highest BCUT2D eigenvalue weighted by Gasteiger charge is 2.09. The second-order valence-corrected chi connectivity index (χ2v) is 6.36. The Balaban J connectivity index is 2.25. The lowest BCUT2D eigenvalue weighted by molar-refractivity contribution is 0.559.